The van der Waals surface area contributed by atoms with E-state index in [-0.39, 0.29) is 12.1 Å². The van der Waals surface area contributed by atoms with E-state index in [1.54, 1.807) is 4.90 Å². The van der Waals surface area contributed by atoms with Crippen molar-refractivity contribution in [1.29, 1.82) is 0 Å². The maximum atomic E-state index is 11.3. The standard InChI is InChI=1S/C16H21NO3/c18-16(19)17-10-4-7-13-14(17)8-9-15(13)20-11-12-5-2-1-3-6-12/h1-3,5-6,13-15H,4,7-11H2,(H,18,19). The Morgan fingerprint density at radius 2 is 2.05 bits per heavy atom. The molecule has 1 aliphatic heterocycles. The second kappa shape index (κ2) is 5.83. The van der Waals surface area contributed by atoms with Crippen LogP contribution in [-0.4, -0.2) is 34.8 Å². The van der Waals surface area contributed by atoms with Crippen LogP contribution in [0.1, 0.15) is 31.2 Å². The Morgan fingerprint density at radius 3 is 2.80 bits per heavy atom. The number of ether oxygens (including phenoxy) is 1. The highest BCUT2D eigenvalue weighted by Gasteiger charge is 2.43. The fourth-order valence-corrected chi connectivity index (χ4v) is 3.66. The summed E-state index contributed by atoms with van der Waals surface area (Å²) in [5, 5.41) is 9.26. The normalized spacial score (nSPS) is 29.2. The molecule has 3 unspecified atom stereocenters. The van der Waals surface area contributed by atoms with E-state index in [4.69, 9.17) is 4.74 Å². The molecule has 108 valence electrons. The van der Waals surface area contributed by atoms with Gasteiger partial charge in [0.15, 0.2) is 0 Å². The number of likely N-dealkylation sites (tertiary alicyclic amines) is 1. The first kappa shape index (κ1) is 13.4. The molecule has 0 radical (unpaired) electrons. The van der Waals surface area contributed by atoms with E-state index in [1.165, 1.54) is 5.56 Å². The number of hydrogen-bond acceptors (Lipinski definition) is 2. The molecule has 0 aromatic heterocycles. The minimum atomic E-state index is -0.775. The molecule has 1 aromatic rings. The van der Waals surface area contributed by atoms with Crippen molar-refractivity contribution >= 4 is 6.09 Å². The number of nitrogens with zero attached hydrogens (tertiary/aromatic N) is 1. The highest BCUT2D eigenvalue weighted by Crippen LogP contribution is 2.39. The Bertz CT molecular complexity index is 462. The van der Waals surface area contributed by atoms with Gasteiger partial charge < -0.3 is 14.7 Å². The van der Waals surface area contributed by atoms with E-state index >= 15 is 0 Å². The van der Waals surface area contributed by atoms with Crippen molar-refractivity contribution in [2.45, 2.75) is 44.4 Å². The van der Waals surface area contributed by atoms with Gasteiger partial charge in [-0.25, -0.2) is 4.79 Å². The van der Waals surface area contributed by atoms with Gasteiger partial charge >= 0.3 is 6.09 Å². The zero-order valence-electron chi connectivity index (χ0n) is 11.6. The molecule has 1 aromatic carbocycles. The van der Waals surface area contributed by atoms with E-state index < -0.39 is 6.09 Å². The van der Waals surface area contributed by atoms with Gasteiger partial charge in [-0.3, -0.25) is 0 Å². The Morgan fingerprint density at radius 1 is 1.25 bits per heavy atom. The predicted molar refractivity (Wildman–Crippen MR) is 75.5 cm³/mol. The molecule has 20 heavy (non-hydrogen) atoms. The second-order valence-electron chi connectivity index (χ2n) is 5.76. The zero-order valence-corrected chi connectivity index (χ0v) is 11.6. The van der Waals surface area contributed by atoms with Gasteiger partial charge in [0.05, 0.1) is 12.7 Å². The third kappa shape index (κ3) is 2.66. The predicted octanol–water partition coefficient (Wildman–Crippen LogP) is 3.12. The lowest BCUT2D eigenvalue weighted by atomic mass is 9.91. The molecule has 2 fully saturated rings. The molecule has 2 aliphatic rings. The van der Waals surface area contributed by atoms with Gasteiger partial charge in [0.25, 0.3) is 0 Å². The van der Waals surface area contributed by atoms with Crippen LogP contribution in [0.2, 0.25) is 0 Å². The maximum absolute atomic E-state index is 11.3. The van der Waals surface area contributed by atoms with Crippen LogP contribution in [0.3, 0.4) is 0 Å². The van der Waals surface area contributed by atoms with Gasteiger partial charge in [0, 0.05) is 18.5 Å². The number of rotatable bonds is 3. The summed E-state index contributed by atoms with van der Waals surface area (Å²) in [6.45, 7) is 1.31. The lowest BCUT2D eigenvalue weighted by molar-refractivity contribution is -0.0111. The van der Waals surface area contributed by atoms with Gasteiger partial charge in [0.2, 0.25) is 0 Å². The van der Waals surface area contributed by atoms with E-state index in [1.807, 2.05) is 18.2 Å². The molecule has 1 N–H and O–H groups in total. The highest BCUT2D eigenvalue weighted by atomic mass is 16.5. The lowest BCUT2D eigenvalue weighted by Gasteiger charge is -2.37. The lowest BCUT2D eigenvalue weighted by Crippen LogP contribution is -2.47. The van der Waals surface area contributed by atoms with Gasteiger partial charge in [-0.1, -0.05) is 30.3 Å². The molecule has 4 heteroatoms. The van der Waals surface area contributed by atoms with Crippen molar-refractivity contribution < 1.29 is 14.6 Å². The summed E-state index contributed by atoms with van der Waals surface area (Å²) in [5.41, 5.74) is 1.18. The summed E-state index contributed by atoms with van der Waals surface area (Å²) in [6.07, 6.45) is 3.40. The van der Waals surface area contributed by atoms with Gasteiger partial charge in [-0.15, -0.1) is 0 Å². The average Bonchev–Trinajstić information content (AvgIpc) is 2.89. The molecule has 1 saturated heterocycles. The minimum absolute atomic E-state index is 0.169. The number of carboxylic acid groups (broad SMARTS) is 1. The van der Waals surface area contributed by atoms with Gasteiger partial charge in [-0.05, 0) is 31.2 Å². The molecule has 1 amide bonds. The van der Waals surface area contributed by atoms with Crippen molar-refractivity contribution in [2.75, 3.05) is 6.54 Å². The van der Waals surface area contributed by atoms with Crippen LogP contribution in [0.4, 0.5) is 4.79 Å². The highest BCUT2D eigenvalue weighted by molar-refractivity contribution is 5.65. The summed E-state index contributed by atoms with van der Waals surface area (Å²) in [6, 6.07) is 10.3. The van der Waals surface area contributed by atoms with Crippen molar-refractivity contribution in [2.24, 2.45) is 5.92 Å². The van der Waals surface area contributed by atoms with E-state index in [0.29, 0.717) is 19.1 Å². The molecule has 3 rings (SSSR count). The number of benzene rings is 1. The Balaban J connectivity index is 1.60. The van der Waals surface area contributed by atoms with Gasteiger partial charge in [0.1, 0.15) is 0 Å². The van der Waals surface area contributed by atoms with Crippen LogP contribution in [0.5, 0.6) is 0 Å². The fourth-order valence-electron chi connectivity index (χ4n) is 3.66. The van der Waals surface area contributed by atoms with Crippen molar-refractivity contribution in [3.05, 3.63) is 35.9 Å². The van der Waals surface area contributed by atoms with E-state index in [9.17, 15) is 9.90 Å². The number of piperidine rings is 1. The first-order valence-electron chi connectivity index (χ1n) is 7.41. The molecule has 3 atom stereocenters. The van der Waals surface area contributed by atoms with Crippen LogP contribution in [0, 0.1) is 5.92 Å². The van der Waals surface area contributed by atoms with Crippen molar-refractivity contribution in [3.63, 3.8) is 0 Å². The molecular formula is C16H21NO3. The molecular weight excluding hydrogens is 254 g/mol. The van der Waals surface area contributed by atoms with Crippen LogP contribution >= 0.6 is 0 Å². The number of carbonyl (C=O) groups is 1. The number of hydrogen-bond donors (Lipinski definition) is 1. The summed E-state index contributed by atoms with van der Waals surface area (Å²) in [5.74, 6) is 0.378. The van der Waals surface area contributed by atoms with Gasteiger partial charge in [-0.2, -0.15) is 0 Å². The summed E-state index contributed by atoms with van der Waals surface area (Å²) < 4.78 is 6.07. The molecule has 4 nitrogen and oxygen atoms in total. The minimum Gasteiger partial charge on any atom is -0.465 e. The average molecular weight is 275 g/mol. The monoisotopic (exact) mass is 275 g/mol. The first-order chi connectivity index (χ1) is 9.75. The quantitative estimate of drug-likeness (QED) is 0.922. The largest absolute Gasteiger partial charge is 0.465 e. The molecule has 0 spiro atoms. The van der Waals surface area contributed by atoms with Crippen LogP contribution in [0.25, 0.3) is 0 Å². The van der Waals surface area contributed by atoms with Crippen LogP contribution in [-0.2, 0) is 11.3 Å². The first-order valence-corrected chi connectivity index (χ1v) is 7.41. The maximum Gasteiger partial charge on any atom is 0.407 e. The smallest absolute Gasteiger partial charge is 0.407 e. The SMILES string of the molecule is O=C(O)N1CCCC2C(OCc3ccccc3)CCC21. The molecule has 1 heterocycles. The van der Waals surface area contributed by atoms with E-state index in [2.05, 4.69) is 12.1 Å². The molecule has 1 aliphatic carbocycles. The van der Waals surface area contributed by atoms with Crippen molar-refractivity contribution in [1.82, 2.24) is 4.90 Å². The van der Waals surface area contributed by atoms with E-state index in [0.717, 1.165) is 25.7 Å². The number of fused-ring (bicyclic) bond motifs is 1. The third-order valence-electron chi connectivity index (χ3n) is 4.61. The fraction of sp³-hybridized carbons (Fsp3) is 0.562. The molecule has 0 bridgehead atoms. The van der Waals surface area contributed by atoms with Crippen molar-refractivity contribution in [3.8, 4) is 0 Å². The third-order valence-corrected chi connectivity index (χ3v) is 4.61. The summed E-state index contributed by atoms with van der Waals surface area (Å²) >= 11 is 0. The summed E-state index contributed by atoms with van der Waals surface area (Å²) in [4.78, 5) is 12.9. The second-order valence-corrected chi connectivity index (χ2v) is 5.76. The zero-order chi connectivity index (χ0) is 13.9. The van der Waals surface area contributed by atoms with Crippen LogP contribution in [0.15, 0.2) is 30.3 Å². The Labute approximate surface area is 119 Å². The topological polar surface area (TPSA) is 49.8 Å². The molecule has 1 saturated carbocycles. The number of amides is 1. The summed E-state index contributed by atoms with van der Waals surface area (Å²) in [7, 11) is 0. The Kier molecular flexibility index (Phi) is 3.92. The van der Waals surface area contributed by atoms with Crippen LogP contribution < -0.4 is 0 Å². The Hall–Kier alpha value is -1.55.